The number of carboxylic acids is 1. The maximum Gasteiger partial charge on any atom is 0.344 e. The molecule has 3 aromatic rings. The zero-order valence-electron chi connectivity index (χ0n) is 12.1. The van der Waals surface area contributed by atoms with Crippen molar-refractivity contribution in [3.05, 3.63) is 76.1 Å². The van der Waals surface area contributed by atoms with Gasteiger partial charge >= 0.3 is 11.6 Å². The van der Waals surface area contributed by atoms with E-state index in [9.17, 15) is 19.8 Å². The number of aliphatic carboxylic acids is 1. The summed E-state index contributed by atoms with van der Waals surface area (Å²) in [4.78, 5) is 23.9. The molecule has 1 unspecified atom stereocenters. The fourth-order valence-electron chi connectivity index (χ4n) is 2.62. The normalized spacial score (nSPS) is 12.2. The summed E-state index contributed by atoms with van der Waals surface area (Å²) in [5, 5.41) is 20.2. The third-order valence-electron chi connectivity index (χ3n) is 3.75. The highest BCUT2D eigenvalue weighted by Gasteiger charge is 2.29. The quantitative estimate of drug-likeness (QED) is 0.723. The molecule has 2 N–H and O–H groups in total. The van der Waals surface area contributed by atoms with E-state index in [1.54, 1.807) is 48.5 Å². The van der Waals surface area contributed by atoms with Crippen LogP contribution in [0, 0.1) is 0 Å². The van der Waals surface area contributed by atoms with Gasteiger partial charge in [0.2, 0.25) is 0 Å². The summed E-state index contributed by atoms with van der Waals surface area (Å²) in [6.45, 7) is 0. The van der Waals surface area contributed by atoms with E-state index in [1.165, 1.54) is 0 Å². The van der Waals surface area contributed by atoms with Crippen LogP contribution >= 0.6 is 0 Å². The SMILES string of the molecule is O=C(O)C(Cc1ccccc1)c1c(O)c2ccccc2oc1=O. The van der Waals surface area contributed by atoms with Crippen LogP contribution < -0.4 is 5.63 Å². The molecule has 1 aromatic heterocycles. The van der Waals surface area contributed by atoms with Crippen LogP contribution in [0.2, 0.25) is 0 Å². The largest absolute Gasteiger partial charge is 0.507 e. The third-order valence-corrected chi connectivity index (χ3v) is 3.75. The number of rotatable bonds is 4. The standard InChI is InChI=1S/C18H14O5/c19-16-12-8-4-5-9-14(12)23-18(22)15(16)13(17(20)21)10-11-6-2-1-3-7-11/h1-9,13,19H,10H2,(H,20,21). The summed E-state index contributed by atoms with van der Waals surface area (Å²) >= 11 is 0. The average molecular weight is 310 g/mol. The van der Waals surface area contributed by atoms with Gasteiger partial charge in [0.25, 0.3) is 0 Å². The second-order valence-electron chi connectivity index (χ2n) is 5.23. The van der Waals surface area contributed by atoms with Gasteiger partial charge in [-0.25, -0.2) is 4.79 Å². The Kier molecular flexibility index (Phi) is 3.85. The van der Waals surface area contributed by atoms with E-state index in [1.807, 2.05) is 6.07 Å². The van der Waals surface area contributed by atoms with Gasteiger partial charge in [-0.15, -0.1) is 0 Å². The maximum atomic E-state index is 12.2. The first-order valence-electron chi connectivity index (χ1n) is 7.09. The Balaban J connectivity index is 2.15. The molecule has 3 rings (SSSR count). The predicted octanol–water partition coefficient (Wildman–Crippen LogP) is 2.91. The van der Waals surface area contributed by atoms with Crippen molar-refractivity contribution in [2.75, 3.05) is 0 Å². The van der Waals surface area contributed by atoms with E-state index in [4.69, 9.17) is 4.42 Å². The van der Waals surface area contributed by atoms with Gasteiger partial charge in [0.1, 0.15) is 11.3 Å². The van der Waals surface area contributed by atoms with Crippen molar-refractivity contribution < 1.29 is 19.4 Å². The Hall–Kier alpha value is -3.08. The summed E-state index contributed by atoms with van der Waals surface area (Å²) in [5.41, 5.74) is -0.0703. The Morgan fingerprint density at radius 2 is 1.70 bits per heavy atom. The third kappa shape index (κ3) is 2.81. The second-order valence-corrected chi connectivity index (χ2v) is 5.23. The molecule has 0 bridgehead atoms. The van der Waals surface area contributed by atoms with Gasteiger partial charge in [-0.1, -0.05) is 42.5 Å². The first kappa shape index (κ1) is 14.8. The minimum Gasteiger partial charge on any atom is -0.507 e. The maximum absolute atomic E-state index is 12.2. The van der Waals surface area contributed by atoms with Crippen LogP contribution in [0.5, 0.6) is 5.75 Å². The number of hydrogen-bond donors (Lipinski definition) is 2. The Morgan fingerprint density at radius 1 is 1.04 bits per heavy atom. The van der Waals surface area contributed by atoms with Crippen molar-refractivity contribution in [1.82, 2.24) is 0 Å². The van der Waals surface area contributed by atoms with Crippen molar-refractivity contribution in [2.45, 2.75) is 12.3 Å². The number of carboxylic acid groups (broad SMARTS) is 1. The molecule has 1 atom stereocenters. The lowest BCUT2D eigenvalue weighted by Crippen LogP contribution is -2.22. The van der Waals surface area contributed by atoms with Crippen LogP contribution in [0.15, 0.2) is 63.8 Å². The second kappa shape index (κ2) is 5.96. The molecule has 0 aliphatic rings. The smallest absolute Gasteiger partial charge is 0.344 e. The average Bonchev–Trinajstić information content (AvgIpc) is 2.54. The molecule has 0 saturated carbocycles. The highest BCUT2D eigenvalue weighted by molar-refractivity contribution is 5.87. The molecule has 0 saturated heterocycles. The van der Waals surface area contributed by atoms with Crippen LogP contribution in [-0.2, 0) is 11.2 Å². The number of benzene rings is 2. The van der Waals surface area contributed by atoms with Gasteiger partial charge in [0, 0.05) is 0 Å². The van der Waals surface area contributed by atoms with Crippen molar-refractivity contribution in [3.8, 4) is 5.75 Å². The van der Waals surface area contributed by atoms with Gasteiger partial charge in [-0.05, 0) is 24.1 Å². The van der Waals surface area contributed by atoms with Crippen LogP contribution in [0.3, 0.4) is 0 Å². The fourth-order valence-corrected chi connectivity index (χ4v) is 2.62. The molecular formula is C18H14O5. The summed E-state index contributed by atoms with van der Waals surface area (Å²) in [5.74, 6) is -2.70. The van der Waals surface area contributed by atoms with Crippen molar-refractivity contribution in [1.29, 1.82) is 0 Å². The van der Waals surface area contributed by atoms with E-state index >= 15 is 0 Å². The van der Waals surface area contributed by atoms with Gasteiger partial charge in [-0.3, -0.25) is 4.79 Å². The molecule has 1 heterocycles. The molecule has 0 aliphatic carbocycles. The Labute approximate surface area is 131 Å². The lowest BCUT2D eigenvalue weighted by atomic mass is 9.91. The van der Waals surface area contributed by atoms with Crippen LogP contribution in [-0.4, -0.2) is 16.2 Å². The Bertz CT molecular complexity index is 912. The molecule has 5 heteroatoms. The molecule has 0 amide bonds. The predicted molar refractivity (Wildman–Crippen MR) is 84.7 cm³/mol. The molecule has 2 aromatic carbocycles. The van der Waals surface area contributed by atoms with Crippen LogP contribution in [0.25, 0.3) is 11.0 Å². The summed E-state index contributed by atoms with van der Waals surface area (Å²) in [6.07, 6.45) is 0.0901. The number of carbonyl (C=O) groups is 1. The first-order valence-corrected chi connectivity index (χ1v) is 7.09. The number of hydrogen-bond acceptors (Lipinski definition) is 4. The molecule has 0 fully saturated rings. The topological polar surface area (TPSA) is 87.7 Å². The van der Waals surface area contributed by atoms with Crippen molar-refractivity contribution >= 4 is 16.9 Å². The minimum atomic E-state index is -1.19. The minimum absolute atomic E-state index is 0.0901. The molecule has 23 heavy (non-hydrogen) atoms. The van der Waals surface area contributed by atoms with E-state index < -0.39 is 17.5 Å². The summed E-state index contributed by atoms with van der Waals surface area (Å²) < 4.78 is 5.16. The highest BCUT2D eigenvalue weighted by atomic mass is 16.4. The first-order chi connectivity index (χ1) is 11.1. The molecule has 0 spiro atoms. The zero-order chi connectivity index (χ0) is 16.4. The Morgan fingerprint density at radius 3 is 2.39 bits per heavy atom. The summed E-state index contributed by atoms with van der Waals surface area (Å²) in [7, 11) is 0. The van der Waals surface area contributed by atoms with Gasteiger partial charge in [0.05, 0.1) is 16.9 Å². The van der Waals surface area contributed by atoms with Gasteiger partial charge < -0.3 is 14.6 Å². The summed E-state index contributed by atoms with van der Waals surface area (Å²) in [6, 6.07) is 15.4. The lowest BCUT2D eigenvalue weighted by Gasteiger charge is -2.14. The van der Waals surface area contributed by atoms with E-state index in [0.29, 0.717) is 5.39 Å². The molecule has 5 nitrogen and oxygen atoms in total. The molecule has 0 aliphatic heterocycles. The molecular weight excluding hydrogens is 296 g/mol. The monoisotopic (exact) mass is 310 g/mol. The van der Waals surface area contributed by atoms with Gasteiger partial charge in [0.15, 0.2) is 0 Å². The van der Waals surface area contributed by atoms with Crippen molar-refractivity contribution in [2.24, 2.45) is 0 Å². The lowest BCUT2D eigenvalue weighted by molar-refractivity contribution is -0.138. The molecule has 0 radical (unpaired) electrons. The van der Waals surface area contributed by atoms with Crippen LogP contribution in [0.4, 0.5) is 0 Å². The number of fused-ring (bicyclic) bond motifs is 1. The van der Waals surface area contributed by atoms with E-state index in [2.05, 4.69) is 0 Å². The van der Waals surface area contributed by atoms with E-state index in [0.717, 1.165) is 5.56 Å². The number of aromatic hydroxyl groups is 1. The van der Waals surface area contributed by atoms with E-state index in [-0.39, 0.29) is 23.3 Å². The number of para-hydroxylation sites is 1. The van der Waals surface area contributed by atoms with Gasteiger partial charge in [-0.2, -0.15) is 0 Å². The van der Waals surface area contributed by atoms with Crippen molar-refractivity contribution in [3.63, 3.8) is 0 Å². The zero-order valence-corrected chi connectivity index (χ0v) is 12.1. The van der Waals surface area contributed by atoms with Crippen LogP contribution in [0.1, 0.15) is 17.0 Å². The highest BCUT2D eigenvalue weighted by Crippen LogP contribution is 2.32. The molecule has 116 valence electrons. The fraction of sp³-hybridized carbons (Fsp3) is 0.111.